The van der Waals surface area contributed by atoms with Crippen LogP contribution in [0.3, 0.4) is 0 Å². The van der Waals surface area contributed by atoms with Crippen molar-refractivity contribution in [3.05, 3.63) is 81.9 Å². The van der Waals surface area contributed by atoms with Gasteiger partial charge < -0.3 is 14.8 Å². The molecule has 0 radical (unpaired) electrons. The van der Waals surface area contributed by atoms with Gasteiger partial charge in [0, 0.05) is 45.4 Å². The number of piperazine rings is 1. The SMILES string of the molecule is COCCOc1cc(/C=C/c2cccc(C3=CCCC=C3)c2C#N)c(C)cc1CN1CCNCC1. The molecule has 0 amide bonds. The summed E-state index contributed by atoms with van der Waals surface area (Å²) in [7, 11) is 1.69. The predicted molar refractivity (Wildman–Crippen MR) is 143 cm³/mol. The first-order chi connectivity index (χ1) is 17.2. The lowest BCUT2D eigenvalue weighted by molar-refractivity contribution is 0.144. The van der Waals surface area contributed by atoms with Gasteiger partial charge in [-0.2, -0.15) is 5.26 Å². The molecule has 2 aromatic rings. The maximum Gasteiger partial charge on any atom is 0.124 e. The van der Waals surface area contributed by atoms with Gasteiger partial charge in [-0.15, -0.1) is 0 Å². The molecule has 1 aliphatic heterocycles. The zero-order valence-electron chi connectivity index (χ0n) is 20.8. The fraction of sp³-hybridized carbons (Fsp3) is 0.367. The molecule has 182 valence electrons. The Kier molecular flexibility index (Phi) is 8.91. The van der Waals surface area contributed by atoms with Gasteiger partial charge in [-0.05, 0) is 53.7 Å². The van der Waals surface area contributed by atoms with E-state index in [4.69, 9.17) is 9.47 Å². The number of hydrogen-bond acceptors (Lipinski definition) is 5. The summed E-state index contributed by atoms with van der Waals surface area (Å²) in [6.07, 6.45) is 12.7. The number of hydrogen-bond donors (Lipinski definition) is 1. The molecule has 1 fully saturated rings. The summed E-state index contributed by atoms with van der Waals surface area (Å²) in [6, 6.07) is 12.9. The monoisotopic (exact) mass is 469 g/mol. The Balaban J connectivity index is 1.62. The van der Waals surface area contributed by atoms with E-state index in [1.807, 2.05) is 24.3 Å². The van der Waals surface area contributed by atoms with Gasteiger partial charge in [0.05, 0.1) is 12.2 Å². The Morgan fingerprint density at radius 2 is 1.91 bits per heavy atom. The fourth-order valence-electron chi connectivity index (χ4n) is 4.61. The minimum absolute atomic E-state index is 0.514. The van der Waals surface area contributed by atoms with Crippen LogP contribution in [0.2, 0.25) is 0 Å². The maximum absolute atomic E-state index is 9.96. The lowest BCUT2D eigenvalue weighted by atomic mass is 9.92. The van der Waals surface area contributed by atoms with E-state index in [-0.39, 0.29) is 0 Å². The van der Waals surface area contributed by atoms with E-state index in [0.717, 1.165) is 73.6 Å². The molecule has 2 aromatic carbocycles. The van der Waals surface area contributed by atoms with Crippen molar-refractivity contribution in [2.45, 2.75) is 26.3 Å². The molecule has 2 aliphatic rings. The number of nitrogens with one attached hydrogen (secondary N) is 1. The number of benzene rings is 2. The average Bonchev–Trinajstić information content (AvgIpc) is 2.90. The smallest absolute Gasteiger partial charge is 0.124 e. The highest BCUT2D eigenvalue weighted by Crippen LogP contribution is 2.29. The van der Waals surface area contributed by atoms with Gasteiger partial charge >= 0.3 is 0 Å². The van der Waals surface area contributed by atoms with Crippen LogP contribution in [0.4, 0.5) is 0 Å². The summed E-state index contributed by atoms with van der Waals surface area (Å²) in [5.41, 5.74) is 7.25. The normalized spacial score (nSPS) is 16.3. The van der Waals surface area contributed by atoms with Crippen molar-refractivity contribution in [1.29, 1.82) is 5.26 Å². The Bertz CT molecular complexity index is 1150. The average molecular weight is 470 g/mol. The van der Waals surface area contributed by atoms with Crippen LogP contribution >= 0.6 is 0 Å². The summed E-state index contributed by atoms with van der Waals surface area (Å²) in [6.45, 7) is 8.19. The summed E-state index contributed by atoms with van der Waals surface area (Å²) in [5, 5.41) is 13.4. The first kappa shape index (κ1) is 24.9. The highest BCUT2D eigenvalue weighted by Gasteiger charge is 2.15. The second kappa shape index (κ2) is 12.5. The Morgan fingerprint density at radius 3 is 2.66 bits per heavy atom. The Labute approximate surface area is 209 Å². The molecule has 0 aromatic heterocycles. The predicted octanol–water partition coefficient (Wildman–Crippen LogP) is 5.20. The molecule has 1 aliphatic carbocycles. The summed E-state index contributed by atoms with van der Waals surface area (Å²) in [5.74, 6) is 0.901. The second-order valence-electron chi connectivity index (χ2n) is 9.04. The topological polar surface area (TPSA) is 57.5 Å². The number of methoxy groups -OCH3 is 1. The molecule has 1 saturated heterocycles. The van der Waals surface area contributed by atoms with E-state index in [1.54, 1.807) is 7.11 Å². The number of nitrogens with zero attached hydrogens (tertiary/aromatic N) is 2. The molecule has 0 bridgehead atoms. The molecule has 0 atom stereocenters. The highest BCUT2D eigenvalue weighted by atomic mass is 16.5. The molecular weight excluding hydrogens is 434 g/mol. The van der Waals surface area contributed by atoms with E-state index in [0.29, 0.717) is 18.8 Å². The zero-order valence-corrected chi connectivity index (χ0v) is 20.8. The van der Waals surface area contributed by atoms with E-state index in [9.17, 15) is 5.26 Å². The van der Waals surface area contributed by atoms with Gasteiger partial charge in [0.1, 0.15) is 18.4 Å². The summed E-state index contributed by atoms with van der Waals surface area (Å²) >= 11 is 0. The standard InChI is InChI=1S/C30H35N3O2/c1-23-19-27(22-33-15-13-32-14-16-33)30(35-18-17-34-2)20-26(23)12-11-25-9-6-10-28(29(25)21-31)24-7-4-3-5-8-24/h4,6-12,19-20,32H,3,5,13-18,22H2,1-2H3/b12-11+. The van der Waals surface area contributed by atoms with Crippen LogP contribution in [-0.4, -0.2) is 51.4 Å². The third-order valence-corrected chi connectivity index (χ3v) is 6.55. The molecule has 4 rings (SSSR count). The molecule has 1 N–H and O–H groups in total. The van der Waals surface area contributed by atoms with E-state index >= 15 is 0 Å². The molecule has 0 saturated carbocycles. The van der Waals surface area contributed by atoms with Crippen molar-refractivity contribution < 1.29 is 9.47 Å². The van der Waals surface area contributed by atoms with Gasteiger partial charge in [0.15, 0.2) is 0 Å². The van der Waals surface area contributed by atoms with Crippen molar-refractivity contribution in [3.63, 3.8) is 0 Å². The molecule has 0 unspecified atom stereocenters. The third-order valence-electron chi connectivity index (χ3n) is 6.55. The van der Waals surface area contributed by atoms with E-state index < -0.39 is 0 Å². The van der Waals surface area contributed by atoms with Crippen LogP contribution in [-0.2, 0) is 11.3 Å². The highest BCUT2D eigenvalue weighted by molar-refractivity contribution is 5.83. The summed E-state index contributed by atoms with van der Waals surface area (Å²) in [4.78, 5) is 2.46. The molecule has 0 spiro atoms. The van der Waals surface area contributed by atoms with Crippen LogP contribution in [0.5, 0.6) is 5.75 Å². The largest absolute Gasteiger partial charge is 0.491 e. The first-order valence-electron chi connectivity index (χ1n) is 12.5. The third kappa shape index (κ3) is 6.49. The van der Waals surface area contributed by atoms with Gasteiger partial charge in [0.2, 0.25) is 0 Å². The van der Waals surface area contributed by atoms with Crippen molar-refractivity contribution in [2.24, 2.45) is 0 Å². The van der Waals surface area contributed by atoms with Crippen LogP contribution in [0.15, 0.2) is 48.6 Å². The minimum Gasteiger partial charge on any atom is -0.491 e. The van der Waals surface area contributed by atoms with Gasteiger partial charge in [-0.3, -0.25) is 4.90 Å². The van der Waals surface area contributed by atoms with Crippen molar-refractivity contribution >= 4 is 17.7 Å². The quantitative estimate of drug-likeness (QED) is 0.404. The lowest BCUT2D eigenvalue weighted by Gasteiger charge is -2.28. The van der Waals surface area contributed by atoms with Crippen LogP contribution in [0.1, 0.15) is 46.2 Å². The van der Waals surface area contributed by atoms with Gasteiger partial charge in [0.25, 0.3) is 0 Å². The van der Waals surface area contributed by atoms with Crippen LogP contribution < -0.4 is 10.1 Å². The number of allylic oxidation sites excluding steroid dienone is 4. The molecule has 1 heterocycles. The lowest BCUT2D eigenvalue weighted by Crippen LogP contribution is -2.42. The fourth-order valence-corrected chi connectivity index (χ4v) is 4.61. The summed E-state index contributed by atoms with van der Waals surface area (Å²) < 4.78 is 11.3. The van der Waals surface area contributed by atoms with Crippen molar-refractivity contribution in [2.75, 3.05) is 46.5 Å². The molecule has 5 heteroatoms. The van der Waals surface area contributed by atoms with Gasteiger partial charge in [-0.25, -0.2) is 0 Å². The molecule has 5 nitrogen and oxygen atoms in total. The van der Waals surface area contributed by atoms with Crippen LogP contribution in [0, 0.1) is 18.3 Å². The maximum atomic E-state index is 9.96. The first-order valence-corrected chi connectivity index (χ1v) is 12.5. The number of aryl methyl sites for hydroxylation is 1. The Hall–Kier alpha value is -3.17. The molecule has 35 heavy (non-hydrogen) atoms. The minimum atomic E-state index is 0.514. The van der Waals surface area contributed by atoms with E-state index in [2.05, 4.69) is 59.6 Å². The number of ether oxygens (including phenoxy) is 2. The molecular formula is C30H35N3O2. The second-order valence-corrected chi connectivity index (χ2v) is 9.04. The Morgan fingerprint density at radius 1 is 1.09 bits per heavy atom. The number of nitriles is 1. The van der Waals surface area contributed by atoms with Crippen molar-refractivity contribution in [1.82, 2.24) is 10.2 Å². The van der Waals surface area contributed by atoms with Crippen molar-refractivity contribution in [3.8, 4) is 11.8 Å². The van der Waals surface area contributed by atoms with Crippen LogP contribution in [0.25, 0.3) is 17.7 Å². The zero-order chi connectivity index (χ0) is 24.5. The van der Waals surface area contributed by atoms with E-state index in [1.165, 1.54) is 11.1 Å². The number of rotatable bonds is 9. The van der Waals surface area contributed by atoms with Gasteiger partial charge in [-0.1, -0.05) is 54.6 Å².